The summed E-state index contributed by atoms with van der Waals surface area (Å²) in [7, 11) is 0. The molecule has 26 heavy (non-hydrogen) atoms. The topological polar surface area (TPSA) is 98.3 Å². The van der Waals surface area contributed by atoms with Crippen molar-refractivity contribution in [3.05, 3.63) is 49.3 Å². The van der Waals surface area contributed by atoms with Gasteiger partial charge in [-0.05, 0) is 38.8 Å². The molecular formula is C18H24N4O3S. The molecule has 2 aromatic rings. The molecule has 2 aromatic heterocycles. The molecular weight excluding hydrogens is 352 g/mol. The summed E-state index contributed by atoms with van der Waals surface area (Å²) in [6, 6.07) is 1.40. The molecule has 140 valence electrons. The summed E-state index contributed by atoms with van der Waals surface area (Å²) in [5, 5.41) is 16.3. The normalized spacial score (nSPS) is 20.9. The van der Waals surface area contributed by atoms with E-state index in [2.05, 4.69) is 20.2 Å². The highest BCUT2D eigenvalue weighted by molar-refractivity contribution is 7.09. The number of aromatic amines is 1. The van der Waals surface area contributed by atoms with E-state index in [0.717, 1.165) is 22.9 Å². The molecule has 0 aliphatic carbocycles. The Morgan fingerprint density at radius 2 is 2.23 bits per heavy atom. The minimum absolute atomic E-state index is 0.114. The molecule has 0 saturated carbocycles. The number of amides is 1. The van der Waals surface area contributed by atoms with Crippen molar-refractivity contribution in [3.8, 4) is 0 Å². The molecule has 0 bridgehead atoms. The first-order valence-electron chi connectivity index (χ1n) is 8.66. The van der Waals surface area contributed by atoms with E-state index in [-0.39, 0.29) is 11.6 Å². The van der Waals surface area contributed by atoms with Crippen LogP contribution in [0.3, 0.4) is 0 Å². The number of aryl methyl sites for hydroxylation is 3. The van der Waals surface area contributed by atoms with Crippen LogP contribution in [0, 0.1) is 20.8 Å². The van der Waals surface area contributed by atoms with Gasteiger partial charge in [0.05, 0.1) is 22.8 Å². The Kier molecular flexibility index (Phi) is 5.55. The predicted octanol–water partition coefficient (Wildman–Crippen LogP) is 1.12. The first kappa shape index (κ1) is 18.8. The standard InChI is InChI=1S/C18H24N4O3S/c1-10-6-11(2)19-17(24)16(10)18(25)21-14-4-5-22(8-15(14)23)7-13-9-26-12(3)20-13/h6,9,14-15,23H,4-5,7-8H2,1-3H3,(H,19,24)(H,21,25)/t14-,15-/m1/s1. The van der Waals surface area contributed by atoms with Crippen LogP contribution in [0.4, 0.5) is 0 Å². The summed E-state index contributed by atoms with van der Waals surface area (Å²) in [6.45, 7) is 7.40. The minimum atomic E-state index is -0.683. The van der Waals surface area contributed by atoms with Crippen molar-refractivity contribution in [1.82, 2.24) is 20.2 Å². The molecule has 0 aromatic carbocycles. The van der Waals surface area contributed by atoms with Crippen LogP contribution in [0.15, 0.2) is 16.2 Å². The van der Waals surface area contributed by atoms with Gasteiger partial charge in [0.1, 0.15) is 5.56 Å². The molecule has 7 nitrogen and oxygen atoms in total. The van der Waals surface area contributed by atoms with Crippen molar-refractivity contribution in [2.45, 2.75) is 45.9 Å². The van der Waals surface area contributed by atoms with E-state index < -0.39 is 17.6 Å². The number of rotatable bonds is 4. The van der Waals surface area contributed by atoms with Crippen molar-refractivity contribution in [2.75, 3.05) is 13.1 Å². The minimum Gasteiger partial charge on any atom is -0.390 e. The molecule has 1 fully saturated rings. The number of carbonyl (C=O) groups is 1. The number of hydrogen-bond acceptors (Lipinski definition) is 6. The summed E-state index contributed by atoms with van der Waals surface area (Å²) < 4.78 is 0. The zero-order valence-corrected chi connectivity index (χ0v) is 16.0. The summed E-state index contributed by atoms with van der Waals surface area (Å²) in [5.41, 5.74) is 2.07. The maximum Gasteiger partial charge on any atom is 0.261 e. The second-order valence-electron chi connectivity index (χ2n) is 6.87. The quantitative estimate of drug-likeness (QED) is 0.743. The van der Waals surface area contributed by atoms with Gasteiger partial charge in [-0.25, -0.2) is 4.98 Å². The van der Waals surface area contributed by atoms with Gasteiger partial charge >= 0.3 is 0 Å². The summed E-state index contributed by atoms with van der Waals surface area (Å²) in [4.78, 5) is 33.8. The number of H-pyrrole nitrogens is 1. The highest BCUT2D eigenvalue weighted by atomic mass is 32.1. The number of aliphatic hydroxyl groups is 1. The Bertz CT molecular complexity index is 860. The second kappa shape index (κ2) is 7.69. The van der Waals surface area contributed by atoms with E-state index in [4.69, 9.17) is 0 Å². The van der Waals surface area contributed by atoms with Crippen molar-refractivity contribution >= 4 is 17.2 Å². The van der Waals surface area contributed by atoms with Gasteiger partial charge in [-0.3, -0.25) is 14.5 Å². The fraction of sp³-hybridized carbons (Fsp3) is 0.500. The number of nitrogens with one attached hydrogen (secondary N) is 2. The maximum absolute atomic E-state index is 12.5. The van der Waals surface area contributed by atoms with Crippen LogP contribution in [0.25, 0.3) is 0 Å². The van der Waals surface area contributed by atoms with Crippen molar-refractivity contribution in [1.29, 1.82) is 0 Å². The molecule has 3 N–H and O–H groups in total. The molecule has 0 spiro atoms. The van der Waals surface area contributed by atoms with Gasteiger partial charge in [0.2, 0.25) is 0 Å². The van der Waals surface area contributed by atoms with E-state index in [1.54, 1.807) is 31.3 Å². The number of thiazole rings is 1. The Morgan fingerprint density at radius 3 is 2.85 bits per heavy atom. The van der Waals surface area contributed by atoms with Gasteiger partial charge in [0.25, 0.3) is 11.5 Å². The Morgan fingerprint density at radius 1 is 1.46 bits per heavy atom. The lowest BCUT2D eigenvalue weighted by Gasteiger charge is -2.36. The number of pyridine rings is 1. The fourth-order valence-corrected chi connectivity index (χ4v) is 4.00. The SMILES string of the molecule is Cc1cc(C)c(C(=O)N[C@@H]2CCN(Cc3csc(C)n3)C[C@H]2O)c(=O)[nH]1. The number of aliphatic hydroxyl groups excluding tert-OH is 1. The maximum atomic E-state index is 12.5. The van der Waals surface area contributed by atoms with Gasteiger partial charge in [-0.2, -0.15) is 0 Å². The summed E-state index contributed by atoms with van der Waals surface area (Å²) >= 11 is 1.61. The van der Waals surface area contributed by atoms with Crippen molar-refractivity contribution < 1.29 is 9.90 Å². The highest BCUT2D eigenvalue weighted by Crippen LogP contribution is 2.17. The summed E-state index contributed by atoms with van der Waals surface area (Å²) in [5.74, 6) is -0.434. The zero-order chi connectivity index (χ0) is 18.8. The van der Waals surface area contributed by atoms with E-state index >= 15 is 0 Å². The van der Waals surface area contributed by atoms with E-state index in [0.29, 0.717) is 25.1 Å². The van der Waals surface area contributed by atoms with E-state index in [1.807, 2.05) is 12.3 Å². The predicted molar refractivity (Wildman–Crippen MR) is 101 cm³/mol. The lowest BCUT2D eigenvalue weighted by Crippen LogP contribution is -2.54. The lowest BCUT2D eigenvalue weighted by molar-refractivity contribution is 0.0345. The van der Waals surface area contributed by atoms with Gasteiger partial charge in [-0.1, -0.05) is 0 Å². The molecule has 2 atom stereocenters. The molecule has 3 rings (SSSR count). The van der Waals surface area contributed by atoms with Crippen LogP contribution >= 0.6 is 11.3 Å². The number of hydrogen-bond donors (Lipinski definition) is 3. The molecule has 1 saturated heterocycles. The zero-order valence-electron chi connectivity index (χ0n) is 15.2. The monoisotopic (exact) mass is 376 g/mol. The van der Waals surface area contributed by atoms with Crippen LogP contribution in [-0.4, -0.2) is 51.1 Å². The Balaban J connectivity index is 1.61. The van der Waals surface area contributed by atoms with E-state index in [9.17, 15) is 14.7 Å². The number of β-amino-alcohol motifs (C(OH)–C–C–N with tert-alkyl or cyclic N) is 1. The molecule has 1 amide bonds. The van der Waals surface area contributed by atoms with Gasteiger partial charge in [0, 0.05) is 30.7 Å². The molecule has 8 heteroatoms. The first-order valence-corrected chi connectivity index (χ1v) is 9.54. The van der Waals surface area contributed by atoms with Crippen LogP contribution in [-0.2, 0) is 6.54 Å². The first-order chi connectivity index (χ1) is 12.3. The number of likely N-dealkylation sites (tertiary alicyclic amines) is 1. The molecule has 3 heterocycles. The number of carbonyl (C=O) groups excluding carboxylic acids is 1. The smallest absolute Gasteiger partial charge is 0.261 e. The van der Waals surface area contributed by atoms with Gasteiger partial charge < -0.3 is 15.4 Å². The van der Waals surface area contributed by atoms with E-state index in [1.165, 1.54) is 0 Å². The van der Waals surface area contributed by atoms with Crippen LogP contribution in [0.5, 0.6) is 0 Å². The highest BCUT2D eigenvalue weighted by Gasteiger charge is 2.30. The third kappa shape index (κ3) is 4.20. The molecule has 1 aliphatic heterocycles. The number of nitrogens with zero attached hydrogens (tertiary/aromatic N) is 2. The third-order valence-corrected chi connectivity index (χ3v) is 5.45. The van der Waals surface area contributed by atoms with Crippen LogP contribution < -0.4 is 10.9 Å². The molecule has 0 radical (unpaired) electrons. The lowest BCUT2D eigenvalue weighted by atomic mass is 10.0. The number of piperidine rings is 1. The largest absolute Gasteiger partial charge is 0.390 e. The second-order valence-corrected chi connectivity index (χ2v) is 7.93. The Labute approximate surface area is 156 Å². The number of aromatic nitrogens is 2. The van der Waals surface area contributed by atoms with Gasteiger partial charge in [0.15, 0.2) is 0 Å². The van der Waals surface area contributed by atoms with Crippen LogP contribution in [0.1, 0.15) is 38.7 Å². The molecule has 0 unspecified atom stereocenters. The fourth-order valence-electron chi connectivity index (χ4n) is 3.40. The van der Waals surface area contributed by atoms with Gasteiger partial charge in [-0.15, -0.1) is 11.3 Å². The average molecular weight is 376 g/mol. The summed E-state index contributed by atoms with van der Waals surface area (Å²) in [6.07, 6.45) is -0.0592. The Hall–Kier alpha value is -2.03. The van der Waals surface area contributed by atoms with Crippen molar-refractivity contribution in [2.24, 2.45) is 0 Å². The van der Waals surface area contributed by atoms with Crippen LogP contribution in [0.2, 0.25) is 0 Å². The molecule has 1 aliphatic rings. The average Bonchev–Trinajstić information content (AvgIpc) is 2.94. The van der Waals surface area contributed by atoms with Crippen molar-refractivity contribution in [3.63, 3.8) is 0 Å². The third-order valence-electron chi connectivity index (χ3n) is 4.63.